The summed E-state index contributed by atoms with van der Waals surface area (Å²) in [6.07, 6.45) is 5.92. The lowest BCUT2D eigenvalue weighted by Gasteiger charge is -2.33. The minimum atomic E-state index is 0.878. The van der Waals surface area contributed by atoms with Gasteiger partial charge in [0, 0.05) is 5.92 Å². The zero-order valence-electron chi connectivity index (χ0n) is 10.5. The van der Waals surface area contributed by atoms with Gasteiger partial charge in [0.2, 0.25) is 0 Å². The van der Waals surface area contributed by atoms with Crippen LogP contribution in [0.4, 0.5) is 0 Å². The monoisotopic (exact) mass is 210 g/mol. The molecule has 2 fully saturated rings. The van der Waals surface area contributed by atoms with Crippen molar-refractivity contribution >= 4 is 0 Å². The molecule has 1 aliphatic carbocycles. The number of hydrogen-bond acceptors (Lipinski definition) is 1. The molecule has 0 aromatic carbocycles. The predicted octanol–water partition coefficient (Wildman–Crippen LogP) is 3.73. The van der Waals surface area contributed by atoms with Crippen molar-refractivity contribution < 1.29 is 4.74 Å². The van der Waals surface area contributed by atoms with Crippen molar-refractivity contribution in [2.24, 2.45) is 29.6 Å². The Morgan fingerprint density at radius 2 is 1.80 bits per heavy atom. The molecular weight excluding hydrogens is 184 g/mol. The fraction of sp³-hybridized carbons (Fsp3) is 1.00. The van der Waals surface area contributed by atoms with Crippen molar-refractivity contribution in [1.82, 2.24) is 0 Å². The molecule has 15 heavy (non-hydrogen) atoms. The summed E-state index contributed by atoms with van der Waals surface area (Å²) in [7, 11) is 0. The first-order valence-corrected chi connectivity index (χ1v) is 6.74. The molecule has 3 atom stereocenters. The molecular formula is C14H26O. The molecule has 1 saturated carbocycles. The molecule has 1 nitrogen and oxygen atoms in total. The summed E-state index contributed by atoms with van der Waals surface area (Å²) < 4.78 is 5.28. The third kappa shape index (κ3) is 2.75. The highest BCUT2D eigenvalue weighted by atomic mass is 16.5. The smallest absolute Gasteiger partial charge is 0.0519 e. The highest BCUT2D eigenvalue weighted by Crippen LogP contribution is 2.40. The molecule has 0 N–H and O–H groups in total. The lowest BCUT2D eigenvalue weighted by molar-refractivity contribution is -0.0611. The summed E-state index contributed by atoms with van der Waals surface area (Å²) in [5.74, 6) is 4.71. The third-order valence-corrected chi connectivity index (χ3v) is 4.70. The molecule has 2 rings (SSSR count). The molecule has 3 unspecified atom stereocenters. The normalized spacial score (nSPS) is 34.4. The molecule has 0 spiro atoms. The van der Waals surface area contributed by atoms with Crippen LogP contribution in [0, 0.1) is 29.6 Å². The molecule has 0 aromatic rings. The standard InChI is InChI=1S/C14H26O/c1-10(2)13-5-4-12(7-13)6-11(3)14-8-15-9-14/h10-14H,4-9H2,1-3H3. The highest BCUT2D eigenvalue weighted by molar-refractivity contribution is 4.81. The third-order valence-electron chi connectivity index (χ3n) is 4.70. The van der Waals surface area contributed by atoms with Crippen LogP contribution in [0.5, 0.6) is 0 Å². The van der Waals surface area contributed by atoms with Gasteiger partial charge in [0.25, 0.3) is 0 Å². The van der Waals surface area contributed by atoms with E-state index >= 15 is 0 Å². The van der Waals surface area contributed by atoms with Crippen LogP contribution in [0.2, 0.25) is 0 Å². The molecule has 88 valence electrons. The van der Waals surface area contributed by atoms with Crippen molar-refractivity contribution in [1.29, 1.82) is 0 Å². The summed E-state index contributed by atoms with van der Waals surface area (Å²) >= 11 is 0. The van der Waals surface area contributed by atoms with Crippen molar-refractivity contribution in [3.8, 4) is 0 Å². The minimum absolute atomic E-state index is 0.878. The van der Waals surface area contributed by atoms with E-state index in [2.05, 4.69) is 20.8 Å². The van der Waals surface area contributed by atoms with Crippen molar-refractivity contribution in [3.05, 3.63) is 0 Å². The zero-order chi connectivity index (χ0) is 10.8. The quantitative estimate of drug-likeness (QED) is 0.687. The molecule has 0 radical (unpaired) electrons. The predicted molar refractivity (Wildman–Crippen MR) is 63.8 cm³/mol. The van der Waals surface area contributed by atoms with E-state index in [0.717, 1.165) is 42.8 Å². The Kier molecular flexibility index (Phi) is 3.71. The number of ether oxygens (including phenoxy) is 1. The van der Waals surface area contributed by atoms with Crippen LogP contribution in [-0.2, 0) is 4.74 Å². The van der Waals surface area contributed by atoms with E-state index in [4.69, 9.17) is 4.74 Å². The second-order valence-electron chi connectivity index (χ2n) is 6.19. The molecule has 0 bridgehead atoms. The van der Waals surface area contributed by atoms with Crippen LogP contribution < -0.4 is 0 Å². The summed E-state index contributed by atoms with van der Waals surface area (Å²) in [4.78, 5) is 0. The second kappa shape index (κ2) is 4.86. The van der Waals surface area contributed by atoms with Crippen molar-refractivity contribution in [2.45, 2.75) is 46.5 Å². The summed E-state index contributed by atoms with van der Waals surface area (Å²) in [5, 5.41) is 0. The Bertz CT molecular complexity index is 196. The summed E-state index contributed by atoms with van der Waals surface area (Å²) in [6, 6.07) is 0. The summed E-state index contributed by atoms with van der Waals surface area (Å²) in [5.41, 5.74) is 0. The van der Waals surface area contributed by atoms with Crippen LogP contribution >= 0.6 is 0 Å². The molecule has 0 amide bonds. The largest absolute Gasteiger partial charge is 0.381 e. The molecule has 1 saturated heterocycles. The average molecular weight is 210 g/mol. The Balaban J connectivity index is 1.71. The molecule has 1 aliphatic heterocycles. The van der Waals surface area contributed by atoms with Gasteiger partial charge in [-0.05, 0) is 42.9 Å². The van der Waals surface area contributed by atoms with Crippen LogP contribution in [0.1, 0.15) is 46.5 Å². The topological polar surface area (TPSA) is 9.23 Å². The first-order valence-electron chi connectivity index (χ1n) is 6.74. The minimum Gasteiger partial charge on any atom is -0.381 e. The van der Waals surface area contributed by atoms with E-state index in [1.165, 1.54) is 25.7 Å². The first-order chi connectivity index (χ1) is 7.16. The maximum absolute atomic E-state index is 5.28. The number of rotatable bonds is 4. The van der Waals surface area contributed by atoms with Crippen LogP contribution in [0.3, 0.4) is 0 Å². The summed E-state index contributed by atoms with van der Waals surface area (Å²) in [6.45, 7) is 9.26. The fourth-order valence-electron chi connectivity index (χ4n) is 3.23. The fourth-order valence-corrected chi connectivity index (χ4v) is 3.23. The lowest BCUT2D eigenvalue weighted by atomic mass is 9.83. The molecule has 0 aromatic heterocycles. The Hall–Kier alpha value is -0.0400. The van der Waals surface area contributed by atoms with E-state index in [1.54, 1.807) is 0 Å². The Morgan fingerprint density at radius 3 is 2.27 bits per heavy atom. The molecule has 1 heterocycles. The second-order valence-corrected chi connectivity index (χ2v) is 6.19. The van der Waals surface area contributed by atoms with Gasteiger partial charge < -0.3 is 4.74 Å². The lowest BCUT2D eigenvalue weighted by Crippen LogP contribution is -2.33. The maximum atomic E-state index is 5.28. The van der Waals surface area contributed by atoms with Gasteiger partial charge in [-0.25, -0.2) is 0 Å². The van der Waals surface area contributed by atoms with Gasteiger partial charge in [0.05, 0.1) is 13.2 Å². The Morgan fingerprint density at radius 1 is 1.07 bits per heavy atom. The zero-order valence-corrected chi connectivity index (χ0v) is 10.5. The van der Waals surface area contributed by atoms with Crippen LogP contribution in [0.15, 0.2) is 0 Å². The van der Waals surface area contributed by atoms with E-state index in [9.17, 15) is 0 Å². The molecule has 2 aliphatic rings. The van der Waals surface area contributed by atoms with E-state index in [1.807, 2.05) is 0 Å². The van der Waals surface area contributed by atoms with Gasteiger partial charge in [0.15, 0.2) is 0 Å². The van der Waals surface area contributed by atoms with Gasteiger partial charge in [-0.2, -0.15) is 0 Å². The average Bonchev–Trinajstić information content (AvgIpc) is 2.48. The molecule has 1 heteroatoms. The van der Waals surface area contributed by atoms with E-state index in [0.29, 0.717) is 0 Å². The van der Waals surface area contributed by atoms with Crippen LogP contribution in [0.25, 0.3) is 0 Å². The Labute approximate surface area is 94.6 Å². The van der Waals surface area contributed by atoms with Crippen molar-refractivity contribution in [3.63, 3.8) is 0 Å². The van der Waals surface area contributed by atoms with Gasteiger partial charge in [-0.1, -0.05) is 27.2 Å². The van der Waals surface area contributed by atoms with Gasteiger partial charge in [-0.15, -0.1) is 0 Å². The van der Waals surface area contributed by atoms with Gasteiger partial charge in [0.1, 0.15) is 0 Å². The SMILES string of the molecule is CC(C)C1CCC(CC(C)C2COC2)C1. The van der Waals surface area contributed by atoms with E-state index in [-0.39, 0.29) is 0 Å². The van der Waals surface area contributed by atoms with Crippen LogP contribution in [-0.4, -0.2) is 13.2 Å². The first kappa shape index (κ1) is 11.4. The van der Waals surface area contributed by atoms with Gasteiger partial charge >= 0.3 is 0 Å². The van der Waals surface area contributed by atoms with Gasteiger partial charge in [-0.3, -0.25) is 0 Å². The maximum Gasteiger partial charge on any atom is 0.0519 e. The van der Waals surface area contributed by atoms with Crippen molar-refractivity contribution in [2.75, 3.05) is 13.2 Å². The highest BCUT2D eigenvalue weighted by Gasteiger charge is 2.31. The number of hydrogen-bond donors (Lipinski definition) is 0. The van der Waals surface area contributed by atoms with E-state index < -0.39 is 0 Å².